The van der Waals surface area contributed by atoms with Gasteiger partial charge in [0.2, 0.25) is 0 Å². The third-order valence-electron chi connectivity index (χ3n) is 4.14. The summed E-state index contributed by atoms with van der Waals surface area (Å²) in [4.78, 5) is 2.12. The Morgan fingerprint density at radius 3 is 2.63 bits per heavy atom. The summed E-state index contributed by atoms with van der Waals surface area (Å²) in [6, 6.07) is 3.74. The third kappa shape index (κ3) is 6.25. The topological polar surface area (TPSA) is 50.4 Å². The molecule has 5 nitrogen and oxygen atoms in total. The molecule has 1 aromatic heterocycles. The molecule has 0 atom stereocenters. The Labute approximate surface area is 157 Å². The van der Waals surface area contributed by atoms with Crippen molar-refractivity contribution in [1.29, 1.82) is 0 Å². The average Bonchev–Trinajstić information content (AvgIpc) is 3.07. The molecule has 0 spiro atoms. The summed E-state index contributed by atoms with van der Waals surface area (Å²) < 4.78 is 50.3. The highest BCUT2D eigenvalue weighted by Crippen LogP contribution is 2.36. The maximum absolute atomic E-state index is 13.3. The van der Waals surface area contributed by atoms with Gasteiger partial charge in [-0.25, -0.2) is 0 Å². The van der Waals surface area contributed by atoms with Gasteiger partial charge in [0.05, 0.1) is 24.1 Å². The molecule has 0 amide bonds. The first-order valence-corrected chi connectivity index (χ1v) is 8.90. The van der Waals surface area contributed by atoms with Crippen LogP contribution in [0.5, 0.6) is 5.75 Å². The minimum Gasteiger partial charge on any atom is -0.491 e. The van der Waals surface area contributed by atoms with E-state index in [1.54, 1.807) is 12.3 Å². The summed E-state index contributed by atoms with van der Waals surface area (Å²) in [5.41, 5.74) is 1.08. The normalized spacial score (nSPS) is 12.0. The molecule has 27 heavy (non-hydrogen) atoms. The highest BCUT2D eigenvalue weighted by Gasteiger charge is 2.32. The molecule has 0 bridgehead atoms. The molecular formula is C19H26F3N3O2. The van der Waals surface area contributed by atoms with Crippen molar-refractivity contribution in [2.24, 2.45) is 0 Å². The monoisotopic (exact) mass is 385 g/mol. The summed E-state index contributed by atoms with van der Waals surface area (Å²) in [7, 11) is 3.49. The quantitative estimate of drug-likeness (QED) is 0.618. The van der Waals surface area contributed by atoms with E-state index in [2.05, 4.69) is 22.0 Å². The predicted molar refractivity (Wildman–Crippen MR) is 97.6 cm³/mol. The minimum absolute atomic E-state index is 0.156. The highest BCUT2D eigenvalue weighted by molar-refractivity contribution is 5.68. The van der Waals surface area contributed by atoms with Crippen LogP contribution >= 0.6 is 0 Å². The number of ether oxygens (including phenoxy) is 2. The number of hydrogen-bond acceptors (Lipinski definition) is 4. The molecule has 0 saturated heterocycles. The van der Waals surface area contributed by atoms with Crippen molar-refractivity contribution >= 4 is 0 Å². The van der Waals surface area contributed by atoms with Gasteiger partial charge >= 0.3 is 6.18 Å². The number of hydrogen-bond donors (Lipinski definition) is 1. The van der Waals surface area contributed by atoms with E-state index in [-0.39, 0.29) is 12.4 Å². The van der Waals surface area contributed by atoms with E-state index in [1.165, 1.54) is 7.11 Å². The van der Waals surface area contributed by atoms with Gasteiger partial charge in [-0.05, 0) is 43.8 Å². The first kappa shape index (κ1) is 21.2. The van der Waals surface area contributed by atoms with Crippen molar-refractivity contribution in [2.45, 2.75) is 32.5 Å². The fraction of sp³-hybridized carbons (Fsp3) is 0.526. The number of rotatable bonds is 10. The van der Waals surface area contributed by atoms with Crippen LogP contribution in [0.1, 0.15) is 31.0 Å². The second-order valence-corrected chi connectivity index (χ2v) is 6.44. The lowest BCUT2D eigenvalue weighted by molar-refractivity contribution is -0.137. The van der Waals surface area contributed by atoms with Gasteiger partial charge in [0.15, 0.2) is 0 Å². The van der Waals surface area contributed by atoms with Gasteiger partial charge in [-0.1, -0.05) is 13.3 Å². The fourth-order valence-electron chi connectivity index (χ4n) is 2.70. The number of aromatic amines is 1. The van der Waals surface area contributed by atoms with Crippen LogP contribution in [-0.2, 0) is 17.5 Å². The SMILES string of the molecule is CCCCN(C)Cc1[nH]ncc1-c1cc(OCCOC)cc(C(F)(F)F)c1. The zero-order chi connectivity index (χ0) is 19.9. The number of alkyl halides is 3. The van der Waals surface area contributed by atoms with Crippen molar-refractivity contribution < 1.29 is 22.6 Å². The molecule has 1 heterocycles. The molecule has 0 aliphatic rings. The summed E-state index contributed by atoms with van der Waals surface area (Å²) in [5, 5.41) is 6.94. The van der Waals surface area contributed by atoms with Gasteiger partial charge in [-0.3, -0.25) is 5.10 Å². The molecule has 1 N–H and O–H groups in total. The maximum atomic E-state index is 13.3. The Morgan fingerprint density at radius 1 is 1.19 bits per heavy atom. The lowest BCUT2D eigenvalue weighted by atomic mass is 10.0. The largest absolute Gasteiger partial charge is 0.491 e. The van der Waals surface area contributed by atoms with Gasteiger partial charge < -0.3 is 14.4 Å². The molecule has 0 aliphatic heterocycles. The van der Waals surface area contributed by atoms with E-state index >= 15 is 0 Å². The molecule has 2 aromatic rings. The van der Waals surface area contributed by atoms with E-state index in [0.29, 0.717) is 24.3 Å². The fourth-order valence-corrected chi connectivity index (χ4v) is 2.70. The lowest BCUT2D eigenvalue weighted by Gasteiger charge is -2.17. The molecule has 0 radical (unpaired) electrons. The Kier molecular flexibility index (Phi) is 7.67. The minimum atomic E-state index is -4.46. The summed E-state index contributed by atoms with van der Waals surface area (Å²) in [6.07, 6.45) is -0.772. The third-order valence-corrected chi connectivity index (χ3v) is 4.14. The Balaban J connectivity index is 2.31. The highest BCUT2D eigenvalue weighted by atomic mass is 19.4. The Hall–Kier alpha value is -2.06. The van der Waals surface area contributed by atoms with Crippen LogP contribution in [0, 0.1) is 0 Å². The zero-order valence-corrected chi connectivity index (χ0v) is 15.9. The molecule has 0 unspecified atom stereocenters. The van der Waals surface area contributed by atoms with Crippen LogP contribution in [0.4, 0.5) is 13.2 Å². The van der Waals surface area contributed by atoms with Crippen LogP contribution in [0.25, 0.3) is 11.1 Å². The lowest BCUT2D eigenvalue weighted by Crippen LogP contribution is -2.19. The molecule has 2 rings (SSSR count). The average molecular weight is 385 g/mol. The summed E-state index contributed by atoms with van der Waals surface area (Å²) in [5.74, 6) is 0.156. The van der Waals surface area contributed by atoms with Crippen molar-refractivity contribution in [3.8, 4) is 16.9 Å². The van der Waals surface area contributed by atoms with Crippen molar-refractivity contribution in [3.63, 3.8) is 0 Å². The number of halogens is 3. The molecule has 150 valence electrons. The van der Waals surface area contributed by atoms with Crippen LogP contribution in [-0.4, -0.2) is 49.0 Å². The first-order valence-electron chi connectivity index (χ1n) is 8.90. The number of benzene rings is 1. The van der Waals surface area contributed by atoms with Crippen molar-refractivity contribution in [2.75, 3.05) is 33.9 Å². The molecule has 8 heteroatoms. The Bertz CT molecular complexity index is 716. The van der Waals surface area contributed by atoms with Crippen LogP contribution in [0.15, 0.2) is 24.4 Å². The standard InChI is InChI=1S/C19H26F3N3O2/c1-4-5-6-25(2)13-18-17(12-23-24-18)14-9-15(19(20,21)22)11-16(10-14)27-8-7-26-3/h9-12H,4-8,13H2,1-3H3,(H,23,24). The number of aromatic nitrogens is 2. The first-order chi connectivity index (χ1) is 12.8. The molecular weight excluding hydrogens is 359 g/mol. The van der Waals surface area contributed by atoms with E-state index < -0.39 is 11.7 Å². The van der Waals surface area contributed by atoms with E-state index in [4.69, 9.17) is 9.47 Å². The molecule has 0 saturated carbocycles. The number of unbranched alkanes of at least 4 members (excludes halogenated alkanes) is 1. The van der Waals surface area contributed by atoms with E-state index in [1.807, 2.05) is 7.05 Å². The molecule has 1 aromatic carbocycles. The Morgan fingerprint density at radius 2 is 1.96 bits per heavy atom. The van der Waals surface area contributed by atoms with Gasteiger partial charge in [-0.15, -0.1) is 0 Å². The van der Waals surface area contributed by atoms with Gasteiger partial charge in [-0.2, -0.15) is 18.3 Å². The van der Waals surface area contributed by atoms with Gasteiger partial charge in [0.25, 0.3) is 0 Å². The van der Waals surface area contributed by atoms with Crippen molar-refractivity contribution in [3.05, 3.63) is 35.7 Å². The van der Waals surface area contributed by atoms with E-state index in [0.717, 1.165) is 37.2 Å². The van der Waals surface area contributed by atoms with Crippen molar-refractivity contribution in [1.82, 2.24) is 15.1 Å². The van der Waals surface area contributed by atoms with E-state index in [9.17, 15) is 13.2 Å². The second kappa shape index (κ2) is 9.75. The number of methoxy groups -OCH3 is 1. The van der Waals surface area contributed by atoms with Gasteiger partial charge in [0.1, 0.15) is 12.4 Å². The number of nitrogens with zero attached hydrogens (tertiary/aromatic N) is 2. The smallest absolute Gasteiger partial charge is 0.416 e. The van der Waals surface area contributed by atoms with Gasteiger partial charge in [0, 0.05) is 19.2 Å². The number of H-pyrrole nitrogens is 1. The van der Waals surface area contributed by atoms with Crippen LogP contribution < -0.4 is 4.74 Å². The zero-order valence-electron chi connectivity index (χ0n) is 15.9. The molecule has 0 aliphatic carbocycles. The maximum Gasteiger partial charge on any atom is 0.416 e. The molecule has 0 fully saturated rings. The number of nitrogens with one attached hydrogen (secondary N) is 1. The van der Waals surface area contributed by atoms with Crippen LogP contribution in [0.3, 0.4) is 0 Å². The second-order valence-electron chi connectivity index (χ2n) is 6.44. The summed E-state index contributed by atoms with van der Waals surface area (Å²) >= 11 is 0. The predicted octanol–water partition coefficient (Wildman–Crippen LogP) is 4.35. The van der Waals surface area contributed by atoms with Crippen LogP contribution in [0.2, 0.25) is 0 Å². The summed E-state index contributed by atoms with van der Waals surface area (Å²) in [6.45, 7) is 4.07.